The van der Waals surface area contributed by atoms with Crippen LogP contribution in [-0.2, 0) is 24.4 Å². The van der Waals surface area contributed by atoms with Crippen LogP contribution in [0.25, 0.3) is 11.3 Å². The van der Waals surface area contributed by atoms with Crippen LogP contribution in [0.5, 0.6) is 5.75 Å². The molecule has 6 nitrogen and oxygen atoms in total. The SMILES string of the molecule is O=C(Cn1ncc2c1-c1ccccc1OC2)NCCN1CCC(Cc2ccccc2)CC1. The minimum Gasteiger partial charge on any atom is -0.488 e. The standard InChI is InChI=1S/C26H30N4O2/c31-25(18-30-26-22(17-28-30)19-32-24-9-5-4-8-23(24)26)27-12-15-29-13-10-21(11-14-29)16-20-6-2-1-3-7-20/h1-9,17,21H,10-16,18-19H2,(H,27,31). The van der Waals surface area contributed by atoms with Crippen LogP contribution in [0.15, 0.2) is 60.8 Å². The molecule has 3 aromatic rings. The number of ether oxygens (including phenoxy) is 1. The van der Waals surface area contributed by atoms with Crippen molar-refractivity contribution in [2.24, 2.45) is 5.92 Å². The number of hydrogen-bond acceptors (Lipinski definition) is 4. The molecule has 1 saturated heterocycles. The van der Waals surface area contributed by atoms with Crippen molar-refractivity contribution in [1.29, 1.82) is 0 Å². The van der Waals surface area contributed by atoms with Gasteiger partial charge in [-0.2, -0.15) is 5.10 Å². The molecule has 1 N–H and O–H groups in total. The van der Waals surface area contributed by atoms with Crippen molar-refractivity contribution in [2.75, 3.05) is 26.2 Å². The Balaban J connectivity index is 1.07. The molecule has 2 aliphatic heterocycles. The molecule has 0 aliphatic carbocycles. The van der Waals surface area contributed by atoms with Crippen LogP contribution in [0.1, 0.15) is 24.0 Å². The zero-order valence-corrected chi connectivity index (χ0v) is 18.4. The van der Waals surface area contributed by atoms with Gasteiger partial charge in [-0.1, -0.05) is 42.5 Å². The van der Waals surface area contributed by atoms with E-state index in [1.165, 1.54) is 24.8 Å². The monoisotopic (exact) mass is 430 g/mol. The lowest BCUT2D eigenvalue weighted by atomic mass is 9.90. The smallest absolute Gasteiger partial charge is 0.241 e. The number of hydrogen-bond donors (Lipinski definition) is 1. The van der Waals surface area contributed by atoms with Crippen LogP contribution in [0, 0.1) is 5.92 Å². The van der Waals surface area contributed by atoms with Crippen molar-refractivity contribution in [1.82, 2.24) is 20.0 Å². The molecule has 0 unspecified atom stereocenters. The average Bonchev–Trinajstić information content (AvgIpc) is 3.24. The molecule has 32 heavy (non-hydrogen) atoms. The van der Waals surface area contributed by atoms with Crippen LogP contribution in [-0.4, -0.2) is 46.8 Å². The number of likely N-dealkylation sites (tertiary alicyclic amines) is 1. The predicted octanol–water partition coefficient (Wildman–Crippen LogP) is 3.51. The normalized spacial score (nSPS) is 16.1. The van der Waals surface area contributed by atoms with E-state index in [1.807, 2.05) is 24.3 Å². The summed E-state index contributed by atoms with van der Waals surface area (Å²) in [6, 6.07) is 18.7. The Labute approximate surface area is 189 Å². The Hall–Kier alpha value is -3.12. The molecule has 0 spiro atoms. The number of carbonyl (C=O) groups is 1. The van der Waals surface area contributed by atoms with Gasteiger partial charge in [0.25, 0.3) is 0 Å². The van der Waals surface area contributed by atoms with Gasteiger partial charge in [0, 0.05) is 24.2 Å². The number of aromatic nitrogens is 2. The average molecular weight is 431 g/mol. The van der Waals surface area contributed by atoms with Crippen LogP contribution in [0.4, 0.5) is 0 Å². The van der Waals surface area contributed by atoms with Crippen LogP contribution >= 0.6 is 0 Å². The van der Waals surface area contributed by atoms with E-state index in [2.05, 4.69) is 45.6 Å². The lowest BCUT2D eigenvalue weighted by Crippen LogP contribution is -2.40. The van der Waals surface area contributed by atoms with Gasteiger partial charge in [-0.05, 0) is 56.0 Å². The molecule has 1 amide bonds. The van der Waals surface area contributed by atoms with Gasteiger partial charge in [0.05, 0.1) is 11.9 Å². The number of nitrogens with zero attached hydrogens (tertiary/aromatic N) is 3. The van der Waals surface area contributed by atoms with Crippen molar-refractivity contribution in [3.05, 3.63) is 71.9 Å². The molecule has 2 aromatic carbocycles. The minimum atomic E-state index is -0.00108. The highest BCUT2D eigenvalue weighted by Crippen LogP contribution is 2.36. The Morgan fingerprint density at radius 3 is 2.69 bits per heavy atom. The molecule has 3 heterocycles. The number of carbonyl (C=O) groups excluding carboxylic acids is 1. The van der Waals surface area contributed by atoms with Gasteiger partial charge in [0.1, 0.15) is 18.9 Å². The molecule has 6 heteroatoms. The first-order chi connectivity index (χ1) is 15.8. The van der Waals surface area contributed by atoms with E-state index in [0.717, 1.165) is 48.1 Å². The molecule has 0 radical (unpaired) electrons. The Kier molecular flexibility index (Phi) is 6.21. The number of fused-ring (bicyclic) bond motifs is 3. The van der Waals surface area contributed by atoms with E-state index in [-0.39, 0.29) is 12.5 Å². The molecule has 1 fully saturated rings. The number of amides is 1. The van der Waals surface area contributed by atoms with Gasteiger partial charge in [0.2, 0.25) is 5.91 Å². The van der Waals surface area contributed by atoms with Gasteiger partial charge in [0.15, 0.2) is 0 Å². The largest absolute Gasteiger partial charge is 0.488 e. The van der Waals surface area contributed by atoms with E-state index in [0.29, 0.717) is 13.2 Å². The molecule has 0 saturated carbocycles. The summed E-state index contributed by atoms with van der Waals surface area (Å²) in [6.07, 6.45) is 5.43. The number of piperidine rings is 1. The van der Waals surface area contributed by atoms with Crippen LogP contribution < -0.4 is 10.1 Å². The zero-order chi connectivity index (χ0) is 21.8. The summed E-state index contributed by atoms with van der Waals surface area (Å²) in [4.78, 5) is 15.0. The third-order valence-corrected chi connectivity index (χ3v) is 6.56. The summed E-state index contributed by atoms with van der Waals surface area (Å²) in [6.45, 7) is 4.51. The van der Waals surface area contributed by atoms with Crippen molar-refractivity contribution in [2.45, 2.75) is 32.4 Å². The number of nitrogens with one attached hydrogen (secondary N) is 1. The quantitative estimate of drug-likeness (QED) is 0.623. The fraction of sp³-hybridized carbons (Fsp3) is 0.385. The van der Waals surface area contributed by atoms with E-state index >= 15 is 0 Å². The second-order valence-electron chi connectivity index (χ2n) is 8.79. The molecule has 0 bridgehead atoms. The van der Waals surface area contributed by atoms with Crippen molar-refractivity contribution < 1.29 is 9.53 Å². The first kappa shape index (κ1) is 20.8. The first-order valence-electron chi connectivity index (χ1n) is 11.6. The van der Waals surface area contributed by atoms with Gasteiger partial charge >= 0.3 is 0 Å². The molecule has 1 aromatic heterocycles. The number of rotatable bonds is 7. The maximum absolute atomic E-state index is 12.6. The fourth-order valence-electron chi connectivity index (χ4n) is 4.81. The van der Waals surface area contributed by atoms with Gasteiger partial charge < -0.3 is 15.0 Å². The van der Waals surface area contributed by atoms with Gasteiger partial charge in [-0.15, -0.1) is 0 Å². The minimum absolute atomic E-state index is 0.00108. The van der Waals surface area contributed by atoms with E-state index < -0.39 is 0 Å². The number of para-hydroxylation sites is 1. The van der Waals surface area contributed by atoms with Crippen molar-refractivity contribution in [3.63, 3.8) is 0 Å². The summed E-state index contributed by atoms with van der Waals surface area (Å²) >= 11 is 0. The predicted molar refractivity (Wildman–Crippen MR) is 124 cm³/mol. The molecule has 5 rings (SSSR count). The maximum Gasteiger partial charge on any atom is 0.241 e. The summed E-state index contributed by atoms with van der Waals surface area (Å²) in [7, 11) is 0. The van der Waals surface area contributed by atoms with Crippen LogP contribution in [0.3, 0.4) is 0 Å². The van der Waals surface area contributed by atoms with Gasteiger partial charge in [-0.25, -0.2) is 0 Å². The maximum atomic E-state index is 12.6. The molecule has 166 valence electrons. The molecule has 2 aliphatic rings. The fourth-order valence-corrected chi connectivity index (χ4v) is 4.81. The Bertz CT molecular complexity index is 1050. The van der Waals surface area contributed by atoms with E-state index in [4.69, 9.17) is 4.74 Å². The van der Waals surface area contributed by atoms with E-state index in [9.17, 15) is 4.79 Å². The van der Waals surface area contributed by atoms with Crippen molar-refractivity contribution >= 4 is 5.91 Å². The van der Waals surface area contributed by atoms with Crippen molar-refractivity contribution in [3.8, 4) is 17.0 Å². The summed E-state index contributed by atoms with van der Waals surface area (Å²) in [5.74, 6) is 1.61. The zero-order valence-electron chi connectivity index (χ0n) is 18.4. The summed E-state index contributed by atoms with van der Waals surface area (Å²) < 4.78 is 7.57. The van der Waals surface area contributed by atoms with Crippen LogP contribution in [0.2, 0.25) is 0 Å². The summed E-state index contributed by atoms with van der Waals surface area (Å²) in [5, 5.41) is 7.52. The third kappa shape index (κ3) is 4.70. The summed E-state index contributed by atoms with van der Waals surface area (Å²) in [5.41, 5.74) is 4.45. The third-order valence-electron chi connectivity index (χ3n) is 6.56. The highest BCUT2D eigenvalue weighted by Gasteiger charge is 2.23. The lowest BCUT2D eigenvalue weighted by molar-refractivity contribution is -0.121. The second-order valence-corrected chi connectivity index (χ2v) is 8.79. The highest BCUT2D eigenvalue weighted by atomic mass is 16.5. The molecular weight excluding hydrogens is 400 g/mol. The Morgan fingerprint density at radius 2 is 1.84 bits per heavy atom. The Morgan fingerprint density at radius 1 is 1.06 bits per heavy atom. The highest BCUT2D eigenvalue weighted by molar-refractivity contribution is 5.78. The number of benzene rings is 2. The topological polar surface area (TPSA) is 59.4 Å². The molecular formula is C26H30N4O2. The van der Waals surface area contributed by atoms with E-state index in [1.54, 1.807) is 10.9 Å². The second kappa shape index (κ2) is 9.57. The lowest BCUT2D eigenvalue weighted by Gasteiger charge is -2.32. The van der Waals surface area contributed by atoms with Gasteiger partial charge in [-0.3, -0.25) is 9.48 Å². The first-order valence-corrected chi connectivity index (χ1v) is 11.6. The molecule has 0 atom stereocenters.